The van der Waals surface area contributed by atoms with Crippen LogP contribution in [0.3, 0.4) is 0 Å². The number of hydrogen-bond donors (Lipinski definition) is 0. The van der Waals surface area contributed by atoms with Gasteiger partial charge in [-0.3, -0.25) is 9.36 Å². The lowest BCUT2D eigenvalue weighted by Gasteiger charge is -2.07. The number of aryl methyl sites for hydroxylation is 1. The van der Waals surface area contributed by atoms with Gasteiger partial charge in [0.1, 0.15) is 5.82 Å². The van der Waals surface area contributed by atoms with Gasteiger partial charge in [-0.25, -0.2) is 9.97 Å². The number of imidazole rings is 1. The molecule has 0 spiro atoms. The van der Waals surface area contributed by atoms with Crippen LogP contribution in [0.2, 0.25) is 0 Å². The van der Waals surface area contributed by atoms with Crippen LogP contribution in [0, 0.1) is 6.92 Å². The first-order valence-electron chi connectivity index (χ1n) is 5.35. The molecule has 0 amide bonds. The standard InChI is InChI=1S/C11H12N4O/c1-8-12-4-6-14(8)10-11(16)15(7-5-13-10)9-2-3-9/h4-7,9H,2-3H2,1H3. The van der Waals surface area contributed by atoms with Gasteiger partial charge in [-0.05, 0) is 19.8 Å². The van der Waals surface area contributed by atoms with Crippen LogP contribution in [-0.2, 0) is 0 Å². The Morgan fingerprint density at radius 1 is 1.25 bits per heavy atom. The maximum atomic E-state index is 12.2. The Kier molecular flexibility index (Phi) is 1.92. The van der Waals surface area contributed by atoms with E-state index in [0.717, 1.165) is 18.7 Å². The zero-order chi connectivity index (χ0) is 11.1. The summed E-state index contributed by atoms with van der Waals surface area (Å²) in [5, 5.41) is 0. The first-order chi connectivity index (χ1) is 7.77. The molecule has 0 N–H and O–H groups in total. The molecule has 0 aromatic carbocycles. The summed E-state index contributed by atoms with van der Waals surface area (Å²) in [5.74, 6) is 1.21. The highest BCUT2D eigenvalue weighted by molar-refractivity contribution is 5.21. The van der Waals surface area contributed by atoms with Crippen LogP contribution in [0.25, 0.3) is 5.82 Å². The Balaban J connectivity index is 2.18. The van der Waals surface area contributed by atoms with Crippen molar-refractivity contribution in [2.75, 3.05) is 0 Å². The van der Waals surface area contributed by atoms with Crippen molar-refractivity contribution in [3.8, 4) is 5.82 Å². The molecule has 1 aliphatic carbocycles. The van der Waals surface area contributed by atoms with Gasteiger partial charge in [-0.15, -0.1) is 0 Å². The Bertz CT molecular complexity index is 580. The monoisotopic (exact) mass is 216 g/mol. The molecule has 1 aliphatic rings. The van der Waals surface area contributed by atoms with Crippen LogP contribution in [-0.4, -0.2) is 19.1 Å². The molecule has 16 heavy (non-hydrogen) atoms. The second-order valence-corrected chi connectivity index (χ2v) is 4.04. The summed E-state index contributed by atoms with van der Waals surface area (Å²) in [7, 11) is 0. The minimum absolute atomic E-state index is 0.0360. The van der Waals surface area contributed by atoms with Crippen molar-refractivity contribution in [2.45, 2.75) is 25.8 Å². The van der Waals surface area contributed by atoms with E-state index < -0.39 is 0 Å². The van der Waals surface area contributed by atoms with Gasteiger partial charge in [0.15, 0.2) is 0 Å². The minimum atomic E-state index is -0.0360. The van der Waals surface area contributed by atoms with Crippen LogP contribution in [0.15, 0.2) is 29.6 Å². The van der Waals surface area contributed by atoms with E-state index in [1.807, 2.05) is 6.92 Å². The van der Waals surface area contributed by atoms with Gasteiger partial charge in [0.05, 0.1) is 0 Å². The van der Waals surface area contributed by atoms with Crippen molar-refractivity contribution in [1.29, 1.82) is 0 Å². The van der Waals surface area contributed by atoms with Gasteiger partial charge in [0.25, 0.3) is 5.56 Å². The van der Waals surface area contributed by atoms with Crippen molar-refractivity contribution < 1.29 is 0 Å². The van der Waals surface area contributed by atoms with Crippen LogP contribution in [0.4, 0.5) is 0 Å². The second kappa shape index (κ2) is 3.30. The molecular weight excluding hydrogens is 204 g/mol. The molecule has 1 saturated carbocycles. The third-order valence-electron chi connectivity index (χ3n) is 2.84. The molecule has 0 radical (unpaired) electrons. The van der Waals surface area contributed by atoms with Crippen molar-refractivity contribution in [3.63, 3.8) is 0 Å². The molecule has 3 rings (SSSR count). The molecule has 2 aromatic heterocycles. The minimum Gasteiger partial charge on any atom is -0.308 e. The summed E-state index contributed by atoms with van der Waals surface area (Å²) in [6, 6.07) is 0.373. The average Bonchev–Trinajstić information content (AvgIpc) is 3.03. The van der Waals surface area contributed by atoms with E-state index in [0.29, 0.717) is 11.9 Å². The number of aromatic nitrogens is 4. The van der Waals surface area contributed by atoms with E-state index >= 15 is 0 Å². The summed E-state index contributed by atoms with van der Waals surface area (Å²) < 4.78 is 3.49. The van der Waals surface area contributed by atoms with Gasteiger partial charge in [-0.1, -0.05) is 0 Å². The maximum Gasteiger partial charge on any atom is 0.294 e. The van der Waals surface area contributed by atoms with Crippen molar-refractivity contribution in [2.24, 2.45) is 0 Å². The first-order valence-corrected chi connectivity index (χ1v) is 5.35. The molecule has 2 aromatic rings. The fourth-order valence-electron chi connectivity index (χ4n) is 1.82. The summed E-state index contributed by atoms with van der Waals surface area (Å²) in [6.45, 7) is 1.86. The zero-order valence-electron chi connectivity index (χ0n) is 9.00. The first kappa shape index (κ1) is 9.33. The number of rotatable bonds is 2. The molecule has 0 unspecified atom stereocenters. The molecule has 5 heteroatoms. The SMILES string of the molecule is Cc1nccn1-c1nccn(C2CC2)c1=O. The Morgan fingerprint density at radius 3 is 2.62 bits per heavy atom. The number of hydrogen-bond acceptors (Lipinski definition) is 3. The Labute approximate surface area is 92.4 Å². The van der Waals surface area contributed by atoms with Crippen molar-refractivity contribution in [1.82, 2.24) is 19.1 Å². The second-order valence-electron chi connectivity index (χ2n) is 4.04. The summed E-state index contributed by atoms with van der Waals surface area (Å²) in [5.41, 5.74) is -0.0360. The fourth-order valence-corrected chi connectivity index (χ4v) is 1.82. The quantitative estimate of drug-likeness (QED) is 0.754. The molecule has 82 valence electrons. The zero-order valence-corrected chi connectivity index (χ0v) is 9.00. The Hall–Kier alpha value is -1.91. The van der Waals surface area contributed by atoms with Gasteiger partial charge >= 0.3 is 0 Å². The maximum absolute atomic E-state index is 12.2. The lowest BCUT2D eigenvalue weighted by molar-refractivity contribution is 0.685. The molecule has 2 heterocycles. The van der Waals surface area contributed by atoms with Crippen molar-refractivity contribution >= 4 is 0 Å². The van der Waals surface area contributed by atoms with E-state index in [4.69, 9.17) is 0 Å². The van der Waals surface area contributed by atoms with Crippen LogP contribution in [0.1, 0.15) is 24.7 Å². The molecule has 0 bridgehead atoms. The summed E-state index contributed by atoms with van der Waals surface area (Å²) in [4.78, 5) is 20.4. The highest BCUT2D eigenvalue weighted by atomic mass is 16.1. The van der Waals surface area contributed by atoms with Gasteiger partial charge < -0.3 is 4.57 Å². The van der Waals surface area contributed by atoms with E-state index in [1.54, 1.807) is 33.9 Å². The van der Waals surface area contributed by atoms with Crippen LogP contribution < -0.4 is 5.56 Å². The third-order valence-corrected chi connectivity index (χ3v) is 2.84. The molecule has 1 fully saturated rings. The van der Waals surface area contributed by atoms with Gasteiger partial charge in [-0.2, -0.15) is 0 Å². The predicted octanol–water partition coefficient (Wildman–Crippen LogP) is 1.07. The van der Waals surface area contributed by atoms with E-state index in [9.17, 15) is 4.79 Å². The third kappa shape index (κ3) is 1.36. The van der Waals surface area contributed by atoms with Gasteiger partial charge in [0.2, 0.25) is 5.82 Å². The average molecular weight is 216 g/mol. The smallest absolute Gasteiger partial charge is 0.294 e. The molecular formula is C11H12N4O. The van der Waals surface area contributed by atoms with Crippen molar-refractivity contribution in [3.05, 3.63) is 41.0 Å². The number of nitrogens with zero attached hydrogens (tertiary/aromatic N) is 4. The molecule has 0 saturated heterocycles. The van der Waals surface area contributed by atoms with Crippen LogP contribution in [0.5, 0.6) is 0 Å². The van der Waals surface area contributed by atoms with Gasteiger partial charge in [0, 0.05) is 30.8 Å². The topological polar surface area (TPSA) is 52.7 Å². The molecule has 0 aliphatic heterocycles. The van der Waals surface area contributed by atoms with E-state index in [-0.39, 0.29) is 5.56 Å². The molecule has 5 nitrogen and oxygen atoms in total. The van der Waals surface area contributed by atoms with Crippen LogP contribution >= 0.6 is 0 Å². The summed E-state index contributed by atoms with van der Waals surface area (Å²) >= 11 is 0. The molecule has 0 atom stereocenters. The predicted molar refractivity (Wildman–Crippen MR) is 58.6 cm³/mol. The van der Waals surface area contributed by atoms with E-state index in [1.165, 1.54) is 0 Å². The highest BCUT2D eigenvalue weighted by Crippen LogP contribution is 2.33. The lowest BCUT2D eigenvalue weighted by Crippen LogP contribution is -2.24. The fraction of sp³-hybridized carbons (Fsp3) is 0.364. The largest absolute Gasteiger partial charge is 0.308 e. The lowest BCUT2D eigenvalue weighted by atomic mass is 10.5. The van der Waals surface area contributed by atoms with E-state index in [2.05, 4.69) is 9.97 Å². The normalized spacial score (nSPS) is 15.3. The highest BCUT2D eigenvalue weighted by Gasteiger charge is 2.25. The summed E-state index contributed by atoms with van der Waals surface area (Å²) in [6.07, 6.45) is 9.05. The Morgan fingerprint density at radius 2 is 2.00 bits per heavy atom.